The number of amides is 1. The van der Waals surface area contributed by atoms with Gasteiger partial charge < -0.3 is 4.90 Å². The Morgan fingerprint density at radius 1 is 0.955 bits per heavy atom. The highest BCUT2D eigenvalue weighted by Crippen LogP contribution is 2.34. The Morgan fingerprint density at radius 2 is 1.68 bits per heavy atom. The predicted molar refractivity (Wildman–Crippen MR) is 90.4 cm³/mol. The number of carbonyl (C=O) groups excluding carboxylic acids is 1. The number of nitrogens with zero attached hydrogens (tertiary/aromatic N) is 1. The zero-order valence-electron chi connectivity index (χ0n) is 12.5. The molecule has 3 aromatic rings. The van der Waals surface area contributed by atoms with Crippen LogP contribution in [0.5, 0.6) is 0 Å². The van der Waals surface area contributed by atoms with E-state index in [-0.39, 0.29) is 11.9 Å². The van der Waals surface area contributed by atoms with E-state index >= 15 is 0 Å². The second-order valence-electron chi connectivity index (χ2n) is 5.88. The molecule has 0 aromatic heterocycles. The monoisotopic (exact) mass is 287 g/mol. The van der Waals surface area contributed by atoms with Crippen LogP contribution in [0.1, 0.15) is 22.8 Å². The first kappa shape index (κ1) is 13.1. The molecule has 2 heteroatoms. The van der Waals surface area contributed by atoms with Gasteiger partial charge in [-0.2, -0.15) is 0 Å². The van der Waals surface area contributed by atoms with Crippen molar-refractivity contribution in [3.8, 4) is 0 Å². The van der Waals surface area contributed by atoms with Crippen molar-refractivity contribution in [2.75, 3.05) is 4.90 Å². The Balaban J connectivity index is 1.85. The third kappa shape index (κ3) is 1.92. The standard InChI is InChI=1S/C20H17NO/c1-14-13-16-8-3-5-12-19(16)21(14)20(22)18-11-6-9-15-7-2-4-10-17(15)18/h2-12,14H,13H2,1H3/t14-/m0/s1. The fourth-order valence-corrected chi connectivity index (χ4v) is 3.42. The van der Waals surface area contributed by atoms with Crippen LogP contribution in [0.4, 0.5) is 5.69 Å². The lowest BCUT2D eigenvalue weighted by molar-refractivity contribution is 0.0983. The molecule has 0 saturated heterocycles. The highest BCUT2D eigenvalue weighted by atomic mass is 16.2. The van der Waals surface area contributed by atoms with Gasteiger partial charge in [-0.3, -0.25) is 4.79 Å². The summed E-state index contributed by atoms with van der Waals surface area (Å²) in [5, 5.41) is 2.13. The third-order valence-corrected chi connectivity index (χ3v) is 4.45. The number of hydrogen-bond donors (Lipinski definition) is 0. The quantitative estimate of drug-likeness (QED) is 0.648. The van der Waals surface area contributed by atoms with E-state index in [0.29, 0.717) is 0 Å². The van der Waals surface area contributed by atoms with Gasteiger partial charge in [-0.1, -0.05) is 54.6 Å². The molecule has 0 unspecified atom stereocenters. The van der Waals surface area contributed by atoms with Crippen molar-refractivity contribution in [3.05, 3.63) is 77.9 Å². The molecule has 108 valence electrons. The molecule has 22 heavy (non-hydrogen) atoms. The zero-order valence-corrected chi connectivity index (χ0v) is 12.5. The summed E-state index contributed by atoms with van der Waals surface area (Å²) in [6.45, 7) is 2.11. The van der Waals surface area contributed by atoms with E-state index in [2.05, 4.69) is 13.0 Å². The third-order valence-electron chi connectivity index (χ3n) is 4.45. The van der Waals surface area contributed by atoms with Crippen LogP contribution < -0.4 is 4.90 Å². The molecule has 1 aliphatic rings. The minimum Gasteiger partial charge on any atom is -0.305 e. The Hall–Kier alpha value is -2.61. The first-order chi connectivity index (χ1) is 10.8. The summed E-state index contributed by atoms with van der Waals surface area (Å²) >= 11 is 0. The second kappa shape index (κ2) is 4.99. The highest BCUT2D eigenvalue weighted by Gasteiger charge is 2.31. The van der Waals surface area contributed by atoms with Gasteiger partial charge in [0, 0.05) is 17.3 Å². The van der Waals surface area contributed by atoms with E-state index in [0.717, 1.165) is 28.4 Å². The predicted octanol–water partition coefficient (Wildman–Crippen LogP) is 4.43. The maximum absolute atomic E-state index is 13.2. The summed E-state index contributed by atoms with van der Waals surface area (Å²) in [5.74, 6) is 0.0919. The van der Waals surface area contributed by atoms with Crippen molar-refractivity contribution in [1.82, 2.24) is 0 Å². The fourth-order valence-electron chi connectivity index (χ4n) is 3.42. The van der Waals surface area contributed by atoms with E-state index in [1.807, 2.05) is 65.6 Å². The lowest BCUT2D eigenvalue weighted by Crippen LogP contribution is -2.35. The molecule has 1 atom stereocenters. The lowest BCUT2D eigenvalue weighted by atomic mass is 10.0. The molecule has 4 rings (SSSR count). The molecule has 0 radical (unpaired) electrons. The smallest absolute Gasteiger partial charge is 0.259 e. The number of rotatable bonds is 1. The molecule has 0 N–H and O–H groups in total. The summed E-state index contributed by atoms with van der Waals surface area (Å²) < 4.78 is 0. The Bertz CT molecular complexity index is 863. The van der Waals surface area contributed by atoms with Gasteiger partial charge in [-0.05, 0) is 41.8 Å². The second-order valence-corrected chi connectivity index (χ2v) is 5.88. The zero-order chi connectivity index (χ0) is 15.1. The van der Waals surface area contributed by atoms with E-state index in [1.54, 1.807) is 0 Å². The van der Waals surface area contributed by atoms with Gasteiger partial charge in [0.05, 0.1) is 0 Å². The normalized spacial score (nSPS) is 16.8. The Kier molecular flexibility index (Phi) is 2.97. The van der Waals surface area contributed by atoms with Crippen LogP contribution in [-0.2, 0) is 6.42 Å². The Morgan fingerprint density at radius 3 is 2.59 bits per heavy atom. The number of para-hydroxylation sites is 1. The first-order valence-electron chi connectivity index (χ1n) is 7.65. The van der Waals surface area contributed by atoms with Gasteiger partial charge in [-0.15, -0.1) is 0 Å². The lowest BCUT2D eigenvalue weighted by Gasteiger charge is -2.23. The number of fused-ring (bicyclic) bond motifs is 2. The number of hydrogen-bond acceptors (Lipinski definition) is 1. The van der Waals surface area contributed by atoms with E-state index in [4.69, 9.17) is 0 Å². The summed E-state index contributed by atoms with van der Waals surface area (Å²) in [5.41, 5.74) is 3.08. The number of benzene rings is 3. The molecular formula is C20H17NO. The molecule has 1 aliphatic heterocycles. The van der Waals surface area contributed by atoms with Crippen LogP contribution in [0, 0.1) is 0 Å². The summed E-state index contributed by atoms with van der Waals surface area (Å²) in [4.78, 5) is 15.1. The number of carbonyl (C=O) groups is 1. The molecule has 0 aliphatic carbocycles. The topological polar surface area (TPSA) is 20.3 Å². The fraction of sp³-hybridized carbons (Fsp3) is 0.150. The van der Waals surface area contributed by atoms with Gasteiger partial charge >= 0.3 is 0 Å². The van der Waals surface area contributed by atoms with Crippen LogP contribution in [0.25, 0.3) is 10.8 Å². The van der Waals surface area contributed by atoms with Gasteiger partial charge in [0.15, 0.2) is 0 Å². The molecule has 0 spiro atoms. The van der Waals surface area contributed by atoms with Crippen LogP contribution >= 0.6 is 0 Å². The largest absolute Gasteiger partial charge is 0.305 e. The van der Waals surface area contributed by atoms with Gasteiger partial charge in [-0.25, -0.2) is 0 Å². The van der Waals surface area contributed by atoms with E-state index in [1.165, 1.54) is 5.56 Å². The van der Waals surface area contributed by atoms with E-state index in [9.17, 15) is 4.79 Å². The summed E-state index contributed by atoms with van der Waals surface area (Å²) in [6.07, 6.45) is 0.923. The molecular weight excluding hydrogens is 270 g/mol. The van der Waals surface area contributed by atoms with Crippen molar-refractivity contribution < 1.29 is 4.79 Å². The first-order valence-corrected chi connectivity index (χ1v) is 7.65. The van der Waals surface area contributed by atoms with Crippen LogP contribution in [0.3, 0.4) is 0 Å². The van der Waals surface area contributed by atoms with Gasteiger partial charge in [0.1, 0.15) is 0 Å². The van der Waals surface area contributed by atoms with Crippen molar-refractivity contribution in [2.24, 2.45) is 0 Å². The molecule has 1 heterocycles. The number of anilines is 1. The maximum atomic E-state index is 13.2. The summed E-state index contributed by atoms with van der Waals surface area (Å²) in [6, 6.07) is 22.4. The molecule has 0 bridgehead atoms. The molecule has 3 aromatic carbocycles. The Labute approximate surface area is 130 Å². The average Bonchev–Trinajstić information content (AvgIpc) is 2.89. The van der Waals surface area contributed by atoms with Gasteiger partial charge in [0.25, 0.3) is 5.91 Å². The van der Waals surface area contributed by atoms with Crippen LogP contribution in [0.2, 0.25) is 0 Å². The average molecular weight is 287 g/mol. The van der Waals surface area contributed by atoms with Gasteiger partial charge in [0.2, 0.25) is 0 Å². The van der Waals surface area contributed by atoms with Crippen LogP contribution in [0.15, 0.2) is 66.7 Å². The van der Waals surface area contributed by atoms with Crippen molar-refractivity contribution in [2.45, 2.75) is 19.4 Å². The molecule has 0 fully saturated rings. The summed E-state index contributed by atoms with van der Waals surface area (Å²) in [7, 11) is 0. The van der Waals surface area contributed by atoms with Crippen LogP contribution in [-0.4, -0.2) is 11.9 Å². The SMILES string of the molecule is C[C@H]1Cc2ccccc2N1C(=O)c1cccc2ccccc12. The van der Waals surface area contributed by atoms with Crippen molar-refractivity contribution >= 4 is 22.4 Å². The minimum absolute atomic E-state index is 0.0919. The highest BCUT2D eigenvalue weighted by molar-refractivity contribution is 6.15. The van der Waals surface area contributed by atoms with Crippen molar-refractivity contribution in [1.29, 1.82) is 0 Å². The minimum atomic E-state index is 0.0919. The van der Waals surface area contributed by atoms with E-state index < -0.39 is 0 Å². The molecule has 0 saturated carbocycles. The molecule has 1 amide bonds. The molecule has 2 nitrogen and oxygen atoms in total. The van der Waals surface area contributed by atoms with Crippen molar-refractivity contribution in [3.63, 3.8) is 0 Å². The maximum Gasteiger partial charge on any atom is 0.259 e.